The number of amides is 2. The van der Waals surface area contributed by atoms with Crippen LogP contribution < -0.4 is 15.4 Å². The smallest absolute Gasteiger partial charge is 0.262 e. The van der Waals surface area contributed by atoms with Gasteiger partial charge in [0.15, 0.2) is 6.61 Å². The molecule has 1 aliphatic heterocycles. The number of nitrogens with one attached hydrogen (secondary N) is 2. The number of carbonyl (C=O) groups excluding carboxylic acids is 2. The van der Waals surface area contributed by atoms with Crippen LogP contribution in [0.5, 0.6) is 5.75 Å². The van der Waals surface area contributed by atoms with Crippen molar-refractivity contribution >= 4 is 23.6 Å². The van der Waals surface area contributed by atoms with Gasteiger partial charge in [0.05, 0.1) is 5.69 Å². The van der Waals surface area contributed by atoms with Crippen LogP contribution in [-0.2, 0) is 9.59 Å². The maximum absolute atomic E-state index is 12.4. The first kappa shape index (κ1) is 17.0. The second-order valence-electron chi connectivity index (χ2n) is 6.60. The molecular weight excluding hydrogens is 318 g/mol. The summed E-state index contributed by atoms with van der Waals surface area (Å²) in [7, 11) is 0. The van der Waals surface area contributed by atoms with Crippen molar-refractivity contribution in [1.29, 1.82) is 5.26 Å². The van der Waals surface area contributed by atoms with E-state index >= 15 is 0 Å². The van der Waals surface area contributed by atoms with Crippen LogP contribution >= 0.6 is 0 Å². The lowest BCUT2D eigenvalue weighted by atomic mass is 9.86. The van der Waals surface area contributed by atoms with E-state index in [1.165, 1.54) is 12.5 Å². The lowest BCUT2D eigenvalue weighted by molar-refractivity contribution is -0.119. The quantitative estimate of drug-likeness (QED) is 0.654. The Morgan fingerprint density at radius 2 is 2.20 bits per heavy atom. The molecule has 1 fully saturated rings. The van der Waals surface area contributed by atoms with E-state index in [2.05, 4.69) is 17.6 Å². The molecule has 1 aromatic carbocycles. The van der Waals surface area contributed by atoms with Crippen molar-refractivity contribution in [3.63, 3.8) is 0 Å². The number of fused-ring (bicyclic) bond motifs is 1. The number of anilines is 1. The maximum atomic E-state index is 12.4. The predicted octanol–water partition coefficient (Wildman–Crippen LogP) is 2.62. The Bertz CT molecular complexity index is 764. The van der Waals surface area contributed by atoms with Gasteiger partial charge in [0.25, 0.3) is 11.8 Å². The Balaban J connectivity index is 1.76. The molecule has 2 N–H and O–H groups in total. The monoisotopic (exact) mass is 339 g/mol. The van der Waals surface area contributed by atoms with Crippen LogP contribution in [-0.4, -0.2) is 24.5 Å². The van der Waals surface area contributed by atoms with Crippen molar-refractivity contribution < 1.29 is 14.3 Å². The van der Waals surface area contributed by atoms with Crippen molar-refractivity contribution in [1.82, 2.24) is 5.32 Å². The summed E-state index contributed by atoms with van der Waals surface area (Å²) in [5.74, 6) is 0.432. The van der Waals surface area contributed by atoms with Crippen molar-refractivity contribution in [2.75, 3.05) is 11.9 Å². The molecule has 2 aliphatic rings. The Morgan fingerprint density at radius 1 is 1.40 bits per heavy atom. The van der Waals surface area contributed by atoms with E-state index in [9.17, 15) is 14.9 Å². The van der Waals surface area contributed by atoms with Gasteiger partial charge in [-0.2, -0.15) is 5.26 Å². The van der Waals surface area contributed by atoms with Crippen molar-refractivity contribution in [3.05, 3.63) is 29.3 Å². The molecule has 2 atom stereocenters. The van der Waals surface area contributed by atoms with E-state index < -0.39 is 0 Å². The van der Waals surface area contributed by atoms with Crippen LogP contribution in [0.4, 0.5) is 5.69 Å². The van der Waals surface area contributed by atoms with E-state index in [-0.39, 0.29) is 30.0 Å². The zero-order valence-corrected chi connectivity index (χ0v) is 14.2. The third-order valence-electron chi connectivity index (χ3n) is 4.74. The predicted molar refractivity (Wildman–Crippen MR) is 93.7 cm³/mol. The fourth-order valence-corrected chi connectivity index (χ4v) is 3.28. The van der Waals surface area contributed by atoms with Crippen LogP contribution in [0.2, 0.25) is 0 Å². The Labute approximate surface area is 146 Å². The lowest BCUT2D eigenvalue weighted by Gasteiger charge is -2.29. The molecule has 25 heavy (non-hydrogen) atoms. The largest absolute Gasteiger partial charge is 0.482 e. The summed E-state index contributed by atoms with van der Waals surface area (Å²) >= 11 is 0. The molecule has 0 radical (unpaired) electrons. The van der Waals surface area contributed by atoms with E-state index in [4.69, 9.17) is 4.74 Å². The Hall–Kier alpha value is -2.81. The molecule has 0 spiro atoms. The average Bonchev–Trinajstić information content (AvgIpc) is 2.61. The molecule has 1 saturated carbocycles. The van der Waals surface area contributed by atoms with Gasteiger partial charge in [-0.25, -0.2) is 0 Å². The molecule has 6 heteroatoms. The molecule has 0 bridgehead atoms. The molecule has 2 amide bonds. The number of hydrogen-bond acceptors (Lipinski definition) is 4. The van der Waals surface area contributed by atoms with Crippen LogP contribution in [0.25, 0.3) is 6.08 Å². The van der Waals surface area contributed by atoms with Crippen molar-refractivity contribution in [3.8, 4) is 11.8 Å². The fraction of sp³-hybridized carbons (Fsp3) is 0.421. The van der Waals surface area contributed by atoms with Gasteiger partial charge in [-0.05, 0) is 42.5 Å². The summed E-state index contributed by atoms with van der Waals surface area (Å²) in [6, 6.07) is 7.26. The summed E-state index contributed by atoms with van der Waals surface area (Å²) < 4.78 is 5.30. The highest BCUT2D eigenvalue weighted by atomic mass is 16.5. The van der Waals surface area contributed by atoms with E-state index in [1.807, 2.05) is 6.07 Å². The number of nitrogens with zero attached hydrogens (tertiary/aromatic N) is 1. The van der Waals surface area contributed by atoms with Crippen LogP contribution in [0.15, 0.2) is 23.8 Å². The summed E-state index contributed by atoms with van der Waals surface area (Å²) in [5, 5.41) is 15.1. The fourth-order valence-electron chi connectivity index (χ4n) is 3.28. The minimum Gasteiger partial charge on any atom is -0.482 e. The molecule has 1 heterocycles. The standard InChI is InChI=1S/C19H21N3O3/c1-12-4-2-3-5-15(12)22-19(24)14(10-20)8-13-6-7-17-16(9-13)21-18(23)11-25-17/h6-9,12,15H,2-5,11H2,1H3,(H,21,23)(H,22,24)/b14-8-. The first-order valence-corrected chi connectivity index (χ1v) is 8.56. The number of ether oxygens (including phenoxy) is 1. The number of nitriles is 1. The average molecular weight is 339 g/mol. The third-order valence-corrected chi connectivity index (χ3v) is 4.74. The summed E-state index contributed by atoms with van der Waals surface area (Å²) in [4.78, 5) is 23.8. The van der Waals surface area contributed by atoms with E-state index in [0.29, 0.717) is 22.9 Å². The number of rotatable bonds is 3. The summed E-state index contributed by atoms with van der Waals surface area (Å²) in [6.45, 7) is 2.12. The first-order valence-electron chi connectivity index (χ1n) is 8.56. The molecule has 6 nitrogen and oxygen atoms in total. The molecule has 3 rings (SSSR count). The molecule has 1 aromatic rings. The summed E-state index contributed by atoms with van der Waals surface area (Å²) in [5.41, 5.74) is 1.26. The van der Waals surface area contributed by atoms with E-state index in [0.717, 1.165) is 19.3 Å². The first-order chi connectivity index (χ1) is 12.1. The van der Waals surface area contributed by atoms with Gasteiger partial charge in [-0.15, -0.1) is 0 Å². The highest BCUT2D eigenvalue weighted by molar-refractivity contribution is 6.02. The lowest BCUT2D eigenvalue weighted by Crippen LogP contribution is -2.41. The van der Waals surface area contributed by atoms with Crippen molar-refractivity contribution in [2.24, 2.45) is 5.92 Å². The van der Waals surface area contributed by atoms with E-state index in [1.54, 1.807) is 18.2 Å². The Morgan fingerprint density at radius 3 is 2.96 bits per heavy atom. The van der Waals surface area contributed by atoms with Crippen LogP contribution in [0, 0.1) is 17.2 Å². The highest BCUT2D eigenvalue weighted by Crippen LogP contribution is 2.29. The van der Waals surface area contributed by atoms with Gasteiger partial charge < -0.3 is 15.4 Å². The molecule has 0 saturated heterocycles. The topological polar surface area (TPSA) is 91.2 Å². The number of carbonyl (C=O) groups is 2. The Kier molecular flexibility index (Phi) is 5.03. The van der Waals surface area contributed by atoms with Crippen molar-refractivity contribution in [2.45, 2.75) is 38.6 Å². The second-order valence-corrected chi connectivity index (χ2v) is 6.60. The number of hydrogen-bond donors (Lipinski definition) is 2. The molecule has 130 valence electrons. The highest BCUT2D eigenvalue weighted by Gasteiger charge is 2.24. The maximum Gasteiger partial charge on any atom is 0.262 e. The van der Waals surface area contributed by atoms with Crippen LogP contribution in [0.3, 0.4) is 0 Å². The van der Waals surface area contributed by atoms with Gasteiger partial charge >= 0.3 is 0 Å². The molecule has 1 aliphatic carbocycles. The SMILES string of the molecule is CC1CCCCC1NC(=O)/C(C#N)=C\c1ccc2c(c1)NC(=O)CO2. The molecular formula is C19H21N3O3. The van der Waals surface area contributed by atoms with Gasteiger partial charge in [0, 0.05) is 6.04 Å². The molecule has 2 unspecified atom stereocenters. The van der Waals surface area contributed by atoms with Gasteiger partial charge in [0.2, 0.25) is 0 Å². The zero-order chi connectivity index (χ0) is 17.8. The third kappa shape index (κ3) is 4.00. The molecule has 0 aromatic heterocycles. The van der Waals surface area contributed by atoms with Gasteiger partial charge in [-0.3, -0.25) is 9.59 Å². The van der Waals surface area contributed by atoms with Gasteiger partial charge in [0.1, 0.15) is 17.4 Å². The minimum absolute atomic E-state index is 0.00634. The normalized spacial score (nSPS) is 22.9. The summed E-state index contributed by atoms with van der Waals surface area (Å²) in [6.07, 6.45) is 5.88. The zero-order valence-electron chi connectivity index (χ0n) is 14.2. The second kappa shape index (κ2) is 7.39. The van der Waals surface area contributed by atoms with Gasteiger partial charge in [-0.1, -0.05) is 25.8 Å². The minimum atomic E-state index is -0.348. The van der Waals surface area contributed by atoms with Crippen LogP contribution in [0.1, 0.15) is 38.2 Å². The number of benzene rings is 1.